The maximum atomic E-state index is 12.1. The number of hydrogen-bond donors (Lipinski definition) is 1. The molecule has 0 amide bonds. The number of aromatic nitrogens is 3. The number of imidazole rings is 1. The highest BCUT2D eigenvalue weighted by molar-refractivity contribution is 7.92. The Bertz CT molecular complexity index is 709. The van der Waals surface area contributed by atoms with Crippen molar-refractivity contribution < 1.29 is 8.42 Å². The van der Waals surface area contributed by atoms with Crippen molar-refractivity contribution in [3.63, 3.8) is 0 Å². The molecule has 2 aromatic rings. The molecule has 2 heterocycles. The number of nitrogens with one attached hydrogen (secondary N) is 1. The molecule has 0 fully saturated rings. The Labute approximate surface area is 122 Å². The Morgan fingerprint density at radius 2 is 2.00 bits per heavy atom. The zero-order valence-corrected chi connectivity index (χ0v) is 12.8. The quantitative estimate of drug-likeness (QED) is 0.921. The molecule has 0 atom stereocenters. The lowest BCUT2D eigenvalue weighted by atomic mass is 10.4. The van der Waals surface area contributed by atoms with E-state index in [1.807, 2.05) is 19.0 Å². The molecule has 108 valence electrons. The summed E-state index contributed by atoms with van der Waals surface area (Å²) in [5.41, 5.74) is 0.345. The standard InChI is InChI=1S/C11H14ClN5O2S/c1-16(2)9-5-4-8(6-13-9)15-20(18,19)11-10(12)17(3)7-14-11/h4-7,15H,1-3H3. The van der Waals surface area contributed by atoms with Gasteiger partial charge in [-0.2, -0.15) is 8.42 Å². The molecule has 0 radical (unpaired) electrons. The lowest BCUT2D eigenvalue weighted by molar-refractivity contribution is 0.598. The van der Waals surface area contributed by atoms with Crippen molar-refractivity contribution in [2.75, 3.05) is 23.7 Å². The lowest BCUT2D eigenvalue weighted by Crippen LogP contribution is -2.15. The van der Waals surface area contributed by atoms with Gasteiger partial charge in [0.05, 0.1) is 18.2 Å². The molecule has 0 aliphatic heterocycles. The number of hydrogen-bond acceptors (Lipinski definition) is 5. The molecule has 20 heavy (non-hydrogen) atoms. The average molecular weight is 316 g/mol. The molecule has 2 aromatic heterocycles. The number of pyridine rings is 1. The molecule has 7 nitrogen and oxygen atoms in total. The first-order valence-electron chi connectivity index (χ1n) is 5.64. The van der Waals surface area contributed by atoms with Crippen LogP contribution in [0.15, 0.2) is 29.7 Å². The minimum atomic E-state index is -3.82. The first-order valence-corrected chi connectivity index (χ1v) is 7.50. The second-order valence-corrected chi connectivity index (χ2v) is 6.31. The van der Waals surface area contributed by atoms with Crippen LogP contribution in [0.2, 0.25) is 5.15 Å². The lowest BCUT2D eigenvalue weighted by Gasteiger charge is -2.12. The summed E-state index contributed by atoms with van der Waals surface area (Å²) in [6, 6.07) is 3.33. The molecule has 9 heteroatoms. The fraction of sp³-hybridized carbons (Fsp3) is 0.273. The van der Waals surface area contributed by atoms with Gasteiger partial charge in [-0.1, -0.05) is 11.6 Å². The molecule has 0 saturated carbocycles. The van der Waals surface area contributed by atoms with E-state index in [9.17, 15) is 8.42 Å². The van der Waals surface area contributed by atoms with Crippen LogP contribution in [0.25, 0.3) is 0 Å². The highest BCUT2D eigenvalue weighted by Gasteiger charge is 2.22. The van der Waals surface area contributed by atoms with Gasteiger partial charge in [0.2, 0.25) is 5.03 Å². The zero-order chi connectivity index (χ0) is 14.9. The number of halogens is 1. The van der Waals surface area contributed by atoms with Gasteiger partial charge in [-0.15, -0.1) is 0 Å². The number of nitrogens with zero attached hydrogens (tertiary/aromatic N) is 4. The van der Waals surface area contributed by atoms with Gasteiger partial charge in [-0.05, 0) is 12.1 Å². The van der Waals surface area contributed by atoms with Gasteiger partial charge in [-0.25, -0.2) is 9.97 Å². The Morgan fingerprint density at radius 3 is 2.45 bits per heavy atom. The van der Waals surface area contributed by atoms with Gasteiger partial charge in [-0.3, -0.25) is 4.72 Å². The molecule has 0 aromatic carbocycles. The average Bonchev–Trinajstić information content (AvgIpc) is 2.71. The van der Waals surface area contributed by atoms with E-state index in [0.717, 1.165) is 5.82 Å². The van der Waals surface area contributed by atoms with Crippen LogP contribution in [0.4, 0.5) is 11.5 Å². The predicted octanol–water partition coefficient (Wildman–Crippen LogP) is 1.34. The second kappa shape index (κ2) is 5.29. The highest BCUT2D eigenvalue weighted by Crippen LogP contribution is 2.22. The van der Waals surface area contributed by atoms with Crippen LogP contribution in [-0.2, 0) is 17.1 Å². The Morgan fingerprint density at radius 1 is 1.30 bits per heavy atom. The van der Waals surface area contributed by atoms with Crippen molar-refractivity contribution in [3.05, 3.63) is 29.8 Å². The minimum Gasteiger partial charge on any atom is -0.363 e. The summed E-state index contributed by atoms with van der Waals surface area (Å²) in [5.74, 6) is 0.726. The minimum absolute atomic E-state index is 0.0513. The molecule has 0 bridgehead atoms. The summed E-state index contributed by atoms with van der Waals surface area (Å²) in [5, 5.41) is -0.159. The van der Waals surface area contributed by atoms with Crippen molar-refractivity contribution in [2.45, 2.75) is 5.03 Å². The summed E-state index contributed by atoms with van der Waals surface area (Å²) >= 11 is 5.89. The van der Waals surface area contributed by atoms with Gasteiger partial charge < -0.3 is 9.47 Å². The van der Waals surface area contributed by atoms with Gasteiger partial charge >= 0.3 is 0 Å². The summed E-state index contributed by atoms with van der Waals surface area (Å²) in [6.45, 7) is 0. The highest BCUT2D eigenvalue weighted by atomic mass is 35.5. The Balaban J connectivity index is 2.26. The van der Waals surface area contributed by atoms with Crippen LogP contribution < -0.4 is 9.62 Å². The fourth-order valence-corrected chi connectivity index (χ4v) is 2.97. The normalized spacial score (nSPS) is 11.4. The van der Waals surface area contributed by atoms with Crippen LogP contribution >= 0.6 is 11.6 Å². The van der Waals surface area contributed by atoms with Crippen LogP contribution in [0.3, 0.4) is 0 Å². The van der Waals surface area contributed by atoms with Crippen LogP contribution in [0, 0.1) is 0 Å². The topological polar surface area (TPSA) is 80.1 Å². The summed E-state index contributed by atoms with van der Waals surface area (Å²) in [7, 11) is 1.48. The van der Waals surface area contributed by atoms with Gasteiger partial charge in [0.15, 0.2) is 0 Å². The fourth-order valence-electron chi connectivity index (χ4n) is 1.49. The van der Waals surface area contributed by atoms with E-state index in [4.69, 9.17) is 11.6 Å². The van der Waals surface area contributed by atoms with Crippen molar-refractivity contribution in [1.82, 2.24) is 14.5 Å². The van der Waals surface area contributed by atoms with Crippen molar-refractivity contribution in [3.8, 4) is 0 Å². The third-order valence-corrected chi connectivity index (χ3v) is 4.42. The summed E-state index contributed by atoms with van der Waals surface area (Å²) in [6.07, 6.45) is 2.77. The first kappa shape index (κ1) is 14.6. The van der Waals surface area contributed by atoms with E-state index in [1.54, 1.807) is 19.2 Å². The molecule has 0 aliphatic carbocycles. The van der Waals surface area contributed by atoms with E-state index >= 15 is 0 Å². The smallest absolute Gasteiger partial charge is 0.282 e. The van der Waals surface area contributed by atoms with Crippen molar-refractivity contribution in [2.24, 2.45) is 7.05 Å². The SMILES string of the molecule is CN(C)c1ccc(NS(=O)(=O)c2ncn(C)c2Cl)cn1. The van der Waals surface area contributed by atoms with Crippen LogP contribution in [0.5, 0.6) is 0 Å². The maximum Gasteiger partial charge on any atom is 0.282 e. The van der Waals surface area contributed by atoms with Gasteiger partial charge in [0.25, 0.3) is 10.0 Å². The molecule has 1 N–H and O–H groups in total. The molecular formula is C11H14ClN5O2S. The van der Waals surface area contributed by atoms with Crippen LogP contribution in [-0.4, -0.2) is 37.0 Å². The van der Waals surface area contributed by atoms with E-state index < -0.39 is 10.0 Å². The summed E-state index contributed by atoms with van der Waals surface area (Å²) in [4.78, 5) is 9.72. The Kier molecular flexibility index (Phi) is 3.87. The van der Waals surface area contributed by atoms with E-state index in [0.29, 0.717) is 5.69 Å². The maximum absolute atomic E-state index is 12.1. The van der Waals surface area contributed by atoms with Crippen molar-refractivity contribution in [1.29, 1.82) is 0 Å². The predicted molar refractivity (Wildman–Crippen MR) is 77.6 cm³/mol. The largest absolute Gasteiger partial charge is 0.363 e. The van der Waals surface area contributed by atoms with Gasteiger partial charge in [0, 0.05) is 21.1 Å². The molecule has 0 saturated heterocycles. The van der Waals surface area contributed by atoms with Crippen molar-refractivity contribution >= 4 is 33.1 Å². The monoisotopic (exact) mass is 315 g/mol. The Hall–Kier alpha value is -1.80. The molecule has 0 aliphatic rings. The molecule has 0 spiro atoms. The molecular weight excluding hydrogens is 302 g/mol. The van der Waals surface area contributed by atoms with Crippen LogP contribution in [0.1, 0.15) is 0 Å². The van der Waals surface area contributed by atoms with Gasteiger partial charge in [0.1, 0.15) is 11.0 Å². The number of aryl methyl sites for hydroxylation is 1. The zero-order valence-electron chi connectivity index (χ0n) is 11.2. The van der Waals surface area contributed by atoms with E-state index in [1.165, 1.54) is 17.1 Å². The van der Waals surface area contributed by atoms with E-state index in [2.05, 4.69) is 14.7 Å². The number of rotatable bonds is 4. The molecule has 2 rings (SSSR count). The summed E-state index contributed by atoms with van der Waals surface area (Å²) < 4.78 is 28.1. The third-order valence-electron chi connectivity index (χ3n) is 2.55. The van der Waals surface area contributed by atoms with E-state index in [-0.39, 0.29) is 10.2 Å². The first-order chi connectivity index (χ1) is 9.31. The second-order valence-electron chi connectivity index (χ2n) is 4.36. The third kappa shape index (κ3) is 2.86. The number of sulfonamides is 1. The molecule has 0 unspecified atom stereocenters. The number of anilines is 2.